The largest absolute Gasteiger partial charge is 0.397 e. The molecular formula is C24H29N3O2. The molecule has 29 heavy (non-hydrogen) atoms. The normalized spacial score (nSPS) is 11.0. The first-order valence-corrected chi connectivity index (χ1v) is 10.2. The average molecular weight is 392 g/mol. The second-order valence-corrected chi connectivity index (χ2v) is 7.58. The van der Waals surface area contributed by atoms with Crippen LogP contribution in [0.3, 0.4) is 0 Å². The van der Waals surface area contributed by atoms with Crippen LogP contribution < -0.4 is 11.1 Å². The summed E-state index contributed by atoms with van der Waals surface area (Å²) in [6, 6.07) is 13.2. The van der Waals surface area contributed by atoms with E-state index in [9.17, 15) is 9.59 Å². The summed E-state index contributed by atoms with van der Waals surface area (Å²) in [5.74, 6) is 0.150. The van der Waals surface area contributed by atoms with Crippen molar-refractivity contribution in [3.05, 3.63) is 59.3 Å². The number of ketones is 1. The van der Waals surface area contributed by atoms with E-state index in [1.54, 1.807) is 12.1 Å². The summed E-state index contributed by atoms with van der Waals surface area (Å²) in [7, 11) is 0. The number of benzene rings is 2. The highest BCUT2D eigenvalue weighted by Gasteiger charge is 2.13. The molecule has 0 aliphatic carbocycles. The van der Waals surface area contributed by atoms with Crippen molar-refractivity contribution in [1.82, 2.24) is 4.98 Å². The van der Waals surface area contributed by atoms with Gasteiger partial charge in [0, 0.05) is 29.5 Å². The van der Waals surface area contributed by atoms with Crippen molar-refractivity contribution >= 4 is 34.0 Å². The van der Waals surface area contributed by atoms with E-state index in [1.165, 1.54) is 5.56 Å². The van der Waals surface area contributed by atoms with Crippen molar-refractivity contribution < 1.29 is 9.59 Å². The van der Waals surface area contributed by atoms with Crippen molar-refractivity contribution in [3.8, 4) is 0 Å². The number of nitrogen functional groups attached to an aromatic ring is 1. The number of carbonyl (C=O) groups excluding carboxylic acids is 2. The molecule has 1 amide bonds. The molecule has 5 nitrogen and oxygen atoms in total. The van der Waals surface area contributed by atoms with Crippen LogP contribution in [-0.4, -0.2) is 16.7 Å². The molecule has 2 aromatic carbocycles. The van der Waals surface area contributed by atoms with Gasteiger partial charge in [-0.25, -0.2) is 0 Å². The van der Waals surface area contributed by atoms with Crippen molar-refractivity contribution in [2.75, 3.05) is 11.1 Å². The minimum Gasteiger partial charge on any atom is -0.397 e. The lowest BCUT2D eigenvalue weighted by molar-refractivity contribution is -0.116. The molecule has 0 aliphatic heterocycles. The molecule has 0 atom stereocenters. The van der Waals surface area contributed by atoms with Gasteiger partial charge in [-0.15, -0.1) is 0 Å². The van der Waals surface area contributed by atoms with Gasteiger partial charge < -0.3 is 16.0 Å². The summed E-state index contributed by atoms with van der Waals surface area (Å²) < 4.78 is 0. The number of aryl methyl sites for hydroxylation is 2. The molecule has 1 aromatic heterocycles. The Hall–Kier alpha value is -3.08. The fourth-order valence-corrected chi connectivity index (χ4v) is 3.60. The maximum absolute atomic E-state index is 12.7. The van der Waals surface area contributed by atoms with Gasteiger partial charge in [-0.2, -0.15) is 0 Å². The Morgan fingerprint density at radius 3 is 2.41 bits per heavy atom. The zero-order chi connectivity index (χ0) is 20.8. The summed E-state index contributed by atoms with van der Waals surface area (Å²) in [6.07, 6.45) is 4.49. The number of unbranched alkanes of at least 4 members (excludes halogenated alkanes) is 3. The number of amides is 1. The van der Waals surface area contributed by atoms with E-state index in [2.05, 4.69) is 23.3 Å². The van der Waals surface area contributed by atoms with Crippen LogP contribution in [0.15, 0.2) is 42.5 Å². The van der Waals surface area contributed by atoms with Crippen molar-refractivity contribution in [2.45, 2.75) is 52.4 Å². The van der Waals surface area contributed by atoms with E-state index >= 15 is 0 Å². The van der Waals surface area contributed by atoms with Gasteiger partial charge in [-0.1, -0.05) is 37.1 Å². The summed E-state index contributed by atoms with van der Waals surface area (Å²) in [4.78, 5) is 28.0. The van der Waals surface area contributed by atoms with Crippen LogP contribution in [0.2, 0.25) is 0 Å². The maximum atomic E-state index is 12.7. The highest BCUT2D eigenvalue weighted by molar-refractivity contribution is 6.07. The molecule has 4 N–H and O–H groups in total. The first-order valence-electron chi connectivity index (χ1n) is 10.2. The number of nitrogens with one attached hydrogen (secondary N) is 2. The number of H-pyrrole nitrogens is 1. The van der Waals surface area contributed by atoms with Crippen molar-refractivity contribution in [2.24, 2.45) is 0 Å². The van der Waals surface area contributed by atoms with E-state index < -0.39 is 0 Å². The Balaban J connectivity index is 1.40. The standard InChI is InChI=1S/C24H29N3O2/c1-16-17(2)26-24-18(16)10-9-11-19(24)22(28)14-5-3-4-6-15-23(29)27-21-13-8-7-12-20(21)25/h7-13,26H,3-6,14-15,25H2,1-2H3,(H,27,29). The third-order valence-corrected chi connectivity index (χ3v) is 5.44. The molecule has 0 bridgehead atoms. The number of para-hydroxylation sites is 3. The second kappa shape index (κ2) is 9.41. The Morgan fingerprint density at radius 2 is 1.66 bits per heavy atom. The summed E-state index contributed by atoms with van der Waals surface area (Å²) in [5, 5.41) is 3.97. The number of anilines is 2. The Morgan fingerprint density at radius 1 is 0.931 bits per heavy atom. The van der Waals surface area contributed by atoms with E-state index in [0.717, 1.165) is 47.8 Å². The minimum atomic E-state index is -0.0249. The van der Waals surface area contributed by atoms with E-state index in [0.29, 0.717) is 24.2 Å². The number of hydrogen-bond acceptors (Lipinski definition) is 3. The topological polar surface area (TPSA) is 88.0 Å². The van der Waals surface area contributed by atoms with Gasteiger partial charge in [-0.05, 0) is 50.5 Å². The molecule has 3 aromatic rings. The number of nitrogens with two attached hydrogens (primary N) is 1. The minimum absolute atomic E-state index is 0.0249. The predicted molar refractivity (Wildman–Crippen MR) is 119 cm³/mol. The monoisotopic (exact) mass is 391 g/mol. The van der Waals surface area contributed by atoms with Gasteiger partial charge in [-0.3, -0.25) is 9.59 Å². The molecule has 0 fully saturated rings. The first-order chi connectivity index (χ1) is 14.0. The fourth-order valence-electron chi connectivity index (χ4n) is 3.60. The van der Waals surface area contributed by atoms with Gasteiger partial charge in [0.05, 0.1) is 16.9 Å². The lowest BCUT2D eigenvalue weighted by Gasteiger charge is -2.07. The van der Waals surface area contributed by atoms with Gasteiger partial charge in [0.2, 0.25) is 5.91 Å². The molecule has 0 unspecified atom stereocenters. The lowest BCUT2D eigenvalue weighted by atomic mass is 10.0. The van der Waals surface area contributed by atoms with Crippen LogP contribution >= 0.6 is 0 Å². The maximum Gasteiger partial charge on any atom is 0.224 e. The molecule has 0 saturated heterocycles. The highest BCUT2D eigenvalue weighted by atomic mass is 16.1. The Labute approximate surface area is 171 Å². The van der Waals surface area contributed by atoms with Crippen molar-refractivity contribution in [3.63, 3.8) is 0 Å². The molecule has 0 aliphatic rings. The molecule has 5 heteroatoms. The van der Waals surface area contributed by atoms with Crippen LogP contribution in [0.5, 0.6) is 0 Å². The number of rotatable bonds is 9. The van der Waals surface area contributed by atoms with Gasteiger partial charge in [0.25, 0.3) is 0 Å². The second-order valence-electron chi connectivity index (χ2n) is 7.58. The molecule has 152 valence electrons. The number of aromatic nitrogens is 1. The number of hydrogen-bond donors (Lipinski definition) is 3. The Bertz CT molecular complexity index is 1020. The lowest BCUT2D eigenvalue weighted by Crippen LogP contribution is -2.12. The van der Waals surface area contributed by atoms with E-state index in [1.807, 2.05) is 31.2 Å². The molecule has 3 rings (SSSR count). The highest BCUT2D eigenvalue weighted by Crippen LogP contribution is 2.25. The molecule has 1 heterocycles. The number of aromatic amines is 1. The number of fused-ring (bicyclic) bond motifs is 1. The zero-order valence-corrected chi connectivity index (χ0v) is 17.2. The smallest absolute Gasteiger partial charge is 0.224 e. The summed E-state index contributed by atoms with van der Waals surface area (Å²) in [5.41, 5.74) is 11.1. The molecule has 0 spiro atoms. The summed E-state index contributed by atoms with van der Waals surface area (Å²) >= 11 is 0. The van der Waals surface area contributed by atoms with Gasteiger partial charge >= 0.3 is 0 Å². The van der Waals surface area contributed by atoms with E-state index in [4.69, 9.17) is 5.73 Å². The average Bonchev–Trinajstić information content (AvgIpc) is 3.00. The van der Waals surface area contributed by atoms with Gasteiger partial charge in [0.15, 0.2) is 5.78 Å². The molecule has 0 saturated carbocycles. The SMILES string of the molecule is Cc1[nH]c2c(C(=O)CCCCCCC(=O)Nc3ccccc3N)cccc2c1C. The van der Waals surface area contributed by atoms with Crippen LogP contribution in [0.1, 0.15) is 60.1 Å². The van der Waals surface area contributed by atoms with Crippen molar-refractivity contribution in [1.29, 1.82) is 0 Å². The number of carbonyl (C=O) groups is 2. The Kier molecular flexibility index (Phi) is 6.70. The zero-order valence-electron chi connectivity index (χ0n) is 17.2. The molecular weight excluding hydrogens is 362 g/mol. The van der Waals surface area contributed by atoms with Gasteiger partial charge in [0.1, 0.15) is 0 Å². The van der Waals surface area contributed by atoms with E-state index in [-0.39, 0.29) is 11.7 Å². The fraction of sp³-hybridized carbons (Fsp3) is 0.333. The van der Waals surface area contributed by atoms with Crippen LogP contribution in [-0.2, 0) is 4.79 Å². The first kappa shape index (κ1) is 20.6. The van der Waals surface area contributed by atoms with Crippen LogP contribution in [0, 0.1) is 13.8 Å². The van der Waals surface area contributed by atoms with Crippen LogP contribution in [0.4, 0.5) is 11.4 Å². The predicted octanol–water partition coefficient (Wildman–Crippen LogP) is 5.53. The quantitative estimate of drug-likeness (QED) is 0.255. The molecule has 0 radical (unpaired) electrons. The third-order valence-electron chi connectivity index (χ3n) is 5.44. The third kappa shape index (κ3) is 5.05. The van der Waals surface area contributed by atoms with Crippen LogP contribution in [0.25, 0.3) is 10.9 Å². The number of Topliss-reactive ketones (excluding diaryl/α,β-unsaturated/α-hetero) is 1. The summed E-state index contributed by atoms with van der Waals surface area (Å²) in [6.45, 7) is 4.11.